The molecule has 1 fully saturated rings. The van der Waals surface area contributed by atoms with Crippen molar-refractivity contribution in [2.45, 2.75) is 44.8 Å². The van der Waals surface area contributed by atoms with Crippen molar-refractivity contribution in [3.63, 3.8) is 0 Å². The van der Waals surface area contributed by atoms with Crippen LogP contribution < -0.4 is 10.9 Å². The van der Waals surface area contributed by atoms with Crippen molar-refractivity contribution >= 4 is 21.4 Å². The van der Waals surface area contributed by atoms with Crippen LogP contribution in [0.15, 0.2) is 10.9 Å². The first-order valence-corrected chi connectivity index (χ1v) is 7.25. The number of nitrogens with one attached hydrogen (secondary N) is 1. The van der Waals surface area contributed by atoms with Crippen LogP contribution in [0, 0.1) is 6.92 Å². The van der Waals surface area contributed by atoms with Gasteiger partial charge < -0.3 is 10.4 Å². The Hall–Kier alpha value is -1.47. The number of nitrogens with zero attached hydrogens (tertiary/aromatic N) is 3. The lowest BCUT2D eigenvalue weighted by atomic mass is 9.93. The van der Waals surface area contributed by atoms with Crippen molar-refractivity contribution in [2.75, 3.05) is 5.32 Å². The van der Waals surface area contributed by atoms with Crippen LogP contribution in [0.4, 0.5) is 5.13 Å². The second kappa shape index (κ2) is 4.90. The van der Waals surface area contributed by atoms with Crippen LogP contribution in [0.3, 0.4) is 0 Å². The Morgan fingerprint density at radius 2 is 2.16 bits per heavy atom. The Morgan fingerprint density at radius 1 is 1.42 bits per heavy atom. The molecule has 2 aromatic rings. The minimum atomic E-state index is -0.166. The van der Waals surface area contributed by atoms with Gasteiger partial charge in [0.1, 0.15) is 0 Å². The number of fused-ring (bicyclic) bond motifs is 1. The van der Waals surface area contributed by atoms with E-state index in [-0.39, 0.29) is 11.7 Å². The zero-order valence-corrected chi connectivity index (χ0v) is 11.5. The number of hydrogen-bond acceptors (Lipinski definition) is 6. The fourth-order valence-electron chi connectivity index (χ4n) is 2.37. The maximum atomic E-state index is 11.8. The monoisotopic (exact) mass is 280 g/mol. The number of aryl methyl sites for hydroxylation is 1. The molecule has 0 saturated heterocycles. The van der Waals surface area contributed by atoms with E-state index in [4.69, 9.17) is 0 Å². The largest absolute Gasteiger partial charge is 0.393 e. The van der Waals surface area contributed by atoms with Crippen molar-refractivity contribution in [3.8, 4) is 0 Å². The van der Waals surface area contributed by atoms with E-state index in [9.17, 15) is 9.90 Å². The normalized spacial score (nSPS) is 23.7. The second-order valence-corrected chi connectivity index (χ2v) is 5.94. The summed E-state index contributed by atoms with van der Waals surface area (Å²) in [6.45, 7) is 1.80. The number of rotatable bonds is 2. The molecular formula is C12H16N4O2S. The molecule has 19 heavy (non-hydrogen) atoms. The number of anilines is 1. The fraction of sp³-hybridized carbons (Fsp3) is 0.583. The molecule has 0 aliphatic heterocycles. The number of hydrogen-bond donors (Lipinski definition) is 2. The van der Waals surface area contributed by atoms with Crippen molar-refractivity contribution in [2.24, 2.45) is 0 Å². The molecule has 0 spiro atoms. The average molecular weight is 280 g/mol. The number of aromatic nitrogens is 3. The standard InChI is InChI=1S/C12H16N4O2S/c1-7-6-10(18)16-12(13-7)19-11(15-16)14-8-2-4-9(17)5-3-8/h6,8-9,17H,2-5H2,1H3,(H,14,15). The van der Waals surface area contributed by atoms with Crippen molar-refractivity contribution < 1.29 is 5.11 Å². The van der Waals surface area contributed by atoms with Gasteiger partial charge in [0.15, 0.2) is 0 Å². The van der Waals surface area contributed by atoms with Gasteiger partial charge in [-0.2, -0.15) is 4.52 Å². The predicted molar refractivity (Wildman–Crippen MR) is 73.8 cm³/mol. The Kier molecular flexibility index (Phi) is 3.24. The van der Waals surface area contributed by atoms with Gasteiger partial charge in [-0.25, -0.2) is 4.98 Å². The molecule has 2 N–H and O–H groups in total. The van der Waals surface area contributed by atoms with Gasteiger partial charge in [0.2, 0.25) is 10.1 Å². The Bertz CT molecular complexity index is 643. The smallest absolute Gasteiger partial charge is 0.275 e. The molecule has 0 radical (unpaired) electrons. The van der Waals surface area contributed by atoms with E-state index in [0.29, 0.717) is 16.7 Å². The summed E-state index contributed by atoms with van der Waals surface area (Å²) in [4.78, 5) is 16.7. The van der Waals surface area contributed by atoms with Crippen molar-refractivity contribution in [3.05, 3.63) is 22.1 Å². The topological polar surface area (TPSA) is 79.5 Å². The molecule has 0 atom stereocenters. The van der Waals surface area contributed by atoms with Gasteiger partial charge in [-0.05, 0) is 32.6 Å². The van der Waals surface area contributed by atoms with Crippen LogP contribution in [-0.2, 0) is 0 Å². The molecule has 1 saturated carbocycles. The molecule has 1 aliphatic carbocycles. The van der Waals surface area contributed by atoms with E-state index in [0.717, 1.165) is 30.8 Å². The summed E-state index contributed by atoms with van der Waals surface area (Å²) >= 11 is 1.39. The zero-order chi connectivity index (χ0) is 13.4. The van der Waals surface area contributed by atoms with E-state index in [1.54, 1.807) is 6.92 Å². The highest BCUT2D eigenvalue weighted by Crippen LogP contribution is 2.24. The first-order chi connectivity index (χ1) is 9.11. The molecule has 0 aromatic carbocycles. The molecule has 0 amide bonds. The SMILES string of the molecule is Cc1cc(=O)n2nc(NC3CCC(O)CC3)sc2n1. The summed E-state index contributed by atoms with van der Waals surface area (Å²) in [5.74, 6) is 0. The zero-order valence-electron chi connectivity index (χ0n) is 10.7. The van der Waals surface area contributed by atoms with Crippen LogP contribution in [0.5, 0.6) is 0 Å². The van der Waals surface area contributed by atoms with Gasteiger partial charge in [0, 0.05) is 17.8 Å². The highest BCUT2D eigenvalue weighted by Gasteiger charge is 2.20. The lowest BCUT2D eigenvalue weighted by Gasteiger charge is -2.25. The molecular weight excluding hydrogens is 264 g/mol. The second-order valence-electron chi connectivity index (χ2n) is 4.99. The van der Waals surface area contributed by atoms with Crippen LogP contribution in [0.2, 0.25) is 0 Å². The van der Waals surface area contributed by atoms with Gasteiger partial charge in [0.05, 0.1) is 6.10 Å². The third-order valence-electron chi connectivity index (χ3n) is 3.40. The first-order valence-electron chi connectivity index (χ1n) is 6.44. The summed E-state index contributed by atoms with van der Waals surface area (Å²) in [6.07, 6.45) is 3.33. The molecule has 3 rings (SSSR count). The van der Waals surface area contributed by atoms with E-state index < -0.39 is 0 Å². The highest BCUT2D eigenvalue weighted by molar-refractivity contribution is 7.20. The van der Waals surface area contributed by atoms with Crippen LogP contribution in [0.25, 0.3) is 4.96 Å². The number of aliphatic hydroxyl groups excluding tert-OH is 1. The quantitative estimate of drug-likeness (QED) is 0.863. The molecule has 0 unspecified atom stereocenters. The summed E-state index contributed by atoms with van der Waals surface area (Å²) in [5.41, 5.74) is 0.562. The summed E-state index contributed by atoms with van der Waals surface area (Å²) < 4.78 is 1.33. The minimum absolute atomic E-state index is 0.147. The maximum Gasteiger partial charge on any atom is 0.275 e. The highest BCUT2D eigenvalue weighted by atomic mass is 32.1. The van der Waals surface area contributed by atoms with E-state index in [1.807, 2.05) is 0 Å². The molecule has 1 aliphatic rings. The minimum Gasteiger partial charge on any atom is -0.393 e. The van der Waals surface area contributed by atoms with Crippen molar-refractivity contribution in [1.29, 1.82) is 0 Å². The summed E-state index contributed by atoms with van der Waals surface area (Å²) in [7, 11) is 0. The number of aliphatic hydroxyl groups is 1. The molecule has 7 heteroatoms. The Morgan fingerprint density at radius 3 is 2.89 bits per heavy atom. The molecule has 6 nitrogen and oxygen atoms in total. The van der Waals surface area contributed by atoms with Gasteiger partial charge >= 0.3 is 0 Å². The average Bonchev–Trinajstić information content (AvgIpc) is 2.75. The van der Waals surface area contributed by atoms with Gasteiger partial charge in [0.25, 0.3) is 5.56 Å². The fourth-order valence-corrected chi connectivity index (χ4v) is 3.30. The van der Waals surface area contributed by atoms with E-state index >= 15 is 0 Å². The lowest BCUT2D eigenvalue weighted by molar-refractivity contribution is 0.126. The van der Waals surface area contributed by atoms with Gasteiger partial charge in [-0.3, -0.25) is 4.79 Å². The van der Waals surface area contributed by atoms with Crippen LogP contribution >= 0.6 is 11.3 Å². The maximum absolute atomic E-state index is 11.8. The Labute approximate surface area is 114 Å². The molecule has 102 valence electrons. The van der Waals surface area contributed by atoms with Gasteiger partial charge in [-0.1, -0.05) is 11.3 Å². The summed E-state index contributed by atoms with van der Waals surface area (Å²) in [6, 6.07) is 1.80. The third kappa shape index (κ3) is 2.62. The molecule has 0 bridgehead atoms. The summed E-state index contributed by atoms with van der Waals surface area (Å²) in [5, 5.41) is 17.8. The molecule has 2 aromatic heterocycles. The van der Waals surface area contributed by atoms with Crippen LogP contribution in [0.1, 0.15) is 31.4 Å². The van der Waals surface area contributed by atoms with Gasteiger partial charge in [-0.15, -0.1) is 5.10 Å². The third-order valence-corrected chi connectivity index (χ3v) is 4.24. The Balaban J connectivity index is 1.82. The van der Waals surface area contributed by atoms with E-state index in [2.05, 4.69) is 15.4 Å². The predicted octanol–water partition coefficient (Wildman–Crippen LogP) is 1.17. The first kappa shape index (κ1) is 12.6. The van der Waals surface area contributed by atoms with Crippen molar-refractivity contribution in [1.82, 2.24) is 14.6 Å². The molecule has 2 heterocycles. The van der Waals surface area contributed by atoms with Crippen LogP contribution in [-0.4, -0.2) is 31.9 Å². The van der Waals surface area contributed by atoms with E-state index in [1.165, 1.54) is 21.9 Å². The lowest BCUT2D eigenvalue weighted by Crippen LogP contribution is -2.28.